The predicted octanol–water partition coefficient (Wildman–Crippen LogP) is 1.99. The molecule has 0 spiro atoms. The maximum absolute atomic E-state index is 5.59. The lowest BCUT2D eigenvalue weighted by atomic mass is 10.0. The molecule has 0 aliphatic heterocycles. The van der Waals surface area contributed by atoms with E-state index in [1.165, 1.54) is 11.1 Å². The van der Waals surface area contributed by atoms with Crippen molar-refractivity contribution in [3.8, 4) is 0 Å². The Balaban J connectivity index is 2.13. The smallest absolute Gasteiger partial charge is 0.155 e. The van der Waals surface area contributed by atoms with Crippen LogP contribution in [-0.2, 0) is 20.0 Å². The summed E-state index contributed by atoms with van der Waals surface area (Å²) in [5.74, 6) is 2.22. The number of rotatable bonds is 4. The van der Waals surface area contributed by atoms with E-state index in [2.05, 4.69) is 48.2 Å². The minimum Gasteiger partial charge on any atom is -0.324 e. The van der Waals surface area contributed by atoms with E-state index >= 15 is 0 Å². The van der Waals surface area contributed by atoms with Crippen molar-refractivity contribution < 1.29 is 0 Å². The number of aromatic nitrogens is 3. The van der Waals surface area contributed by atoms with Crippen LogP contribution in [0, 0.1) is 0 Å². The first-order chi connectivity index (χ1) is 8.60. The molecule has 0 atom stereocenters. The largest absolute Gasteiger partial charge is 0.324 e. The molecular formula is C14H20N4. The normalized spacial score (nSPS) is 11.2. The molecule has 0 radical (unpaired) electrons. The van der Waals surface area contributed by atoms with Crippen LogP contribution in [0.5, 0.6) is 0 Å². The number of hydrogen-bond acceptors (Lipinski definition) is 3. The van der Waals surface area contributed by atoms with Gasteiger partial charge in [-0.15, -0.1) is 0 Å². The molecule has 1 aromatic carbocycles. The van der Waals surface area contributed by atoms with Crippen LogP contribution in [0.2, 0.25) is 0 Å². The van der Waals surface area contributed by atoms with E-state index in [1.54, 1.807) is 4.68 Å². The molecule has 18 heavy (non-hydrogen) atoms. The Morgan fingerprint density at radius 1 is 1.22 bits per heavy atom. The number of aryl methyl sites for hydroxylation is 1. The maximum Gasteiger partial charge on any atom is 0.155 e. The Labute approximate surface area is 108 Å². The zero-order valence-electron chi connectivity index (χ0n) is 11.2. The molecule has 96 valence electrons. The van der Waals surface area contributed by atoms with Gasteiger partial charge in [-0.05, 0) is 17.0 Å². The highest BCUT2D eigenvalue weighted by Gasteiger charge is 2.06. The van der Waals surface area contributed by atoms with Crippen LogP contribution in [-0.4, -0.2) is 14.8 Å². The molecule has 2 rings (SSSR count). The average molecular weight is 244 g/mol. The lowest BCUT2D eigenvalue weighted by Gasteiger charge is -2.05. The molecule has 4 heteroatoms. The molecule has 0 aliphatic rings. The van der Waals surface area contributed by atoms with Gasteiger partial charge in [-0.2, -0.15) is 5.10 Å². The van der Waals surface area contributed by atoms with Gasteiger partial charge in [-0.25, -0.2) is 4.98 Å². The van der Waals surface area contributed by atoms with E-state index in [9.17, 15) is 0 Å². The van der Waals surface area contributed by atoms with Crippen molar-refractivity contribution in [3.05, 3.63) is 47.0 Å². The van der Waals surface area contributed by atoms with Crippen molar-refractivity contribution in [3.63, 3.8) is 0 Å². The fraction of sp³-hybridized carbons (Fsp3) is 0.429. The first-order valence-electron chi connectivity index (χ1n) is 6.28. The molecule has 0 saturated carbocycles. The second-order valence-electron chi connectivity index (χ2n) is 4.85. The summed E-state index contributed by atoms with van der Waals surface area (Å²) >= 11 is 0. The van der Waals surface area contributed by atoms with Gasteiger partial charge in [0.25, 0.3) is 0 Å². The summed E-state index contributed by atoms with van der Waals surface area (Å²) in [5, 5.41) is 4.36. The molecule has 0 saturated heterocycles. The summed E-state index contributed by atoms with van der Waals surface area (Å²) in [5.41, 5.74) is 8.17. The fourth-order valence-corrected chi connectivity index (χ4v) is 1.93. The minimum absolute atomic E-state index is 0.426. The summed E-state index contributed by atoms with van der Waals surface area (Å²) in [6.07, 6.45) is 0.756. The lowest BCUT2D eigenvalue weighted by Crippen LogP contribution is -2.05. The van der Waals surface area contributed by atoms with Gasteiger partial charge < -0.3 is 5.73 Å². The second kappa shape index (κ2) is 5.31. The van der Waals surface area contributed by atoms with Gasteiger partial charge in [-0.3, -0.25) is 4.68 Å². The van der Waals surface area contributed by atoms with E-state index in [0.29, 0.717) is 12.5 Å². The molecule has 0 unspecified atom stereocenters. The van der Waals surface area contributed by atoms with Crippen molar-refractivity contribution >= 4 is 0 Å². The fourth-order valence-electron chi connectivity index (χ4n) is 1.93. The molecule has 2 N–H and O–H groups in total. The third-order valence-electron chi connectivity index (χ3n) is 3.09. The molecule has 0 fully saturated rings. The SMILES string of the molecule is CC(C)c1ccc(Cc2nc(CN)n(C)n2)cc1. The third kappa shape index (κ3) is 2.76. The van der Waals surface area contributed by atoms with Crippen molar-refractivity contribution in [2.75, 3.05) is 0 Å². The zero-order valence-corrected chi connectivity index (χ0v) is 11.2. The molecule has 1 heterocycles. The van der Waals surface area contributed by atoms with Crippen molar-refractivity contribution in [1.29, 1.82) is 0 Å². The third-order valence-corrected chi connectivity index (χ3v) is 3.09. The number of hydrogen-bond donors (Lipinski definition) is 1. The zero-order chi connectivity index (χ0) is 13.1. The molecule has 4 nitrogen and oxygen atoms in total. The Kier molecular flexibility index (Phi) is 3.77. The topological polar surface area (TPSA) is 56.7 Å². The number of nitrogens with two attached hydrogens (primary N) is 1. The number of nitrogens with zero attached hydrogens (tertiary/aromatic N) is 3. The summed E-state index contributed by atoms with van der Waals surface area (Å²) in [7, 11) is 1.88. The van der Waals surface area contributed by atoms with Crippen LogP contribution in [0.4, 0.5) is 0 Å². The van der Waals surface area contributed by atoms with Crippen LogP contribution < -0.4 is 5.73 Å². The molecule has 2 aromatic rings. The second-order valence-corrected chi connectivity index (χ2v) is 4.85. The summed E-state index contributed by atoms with van der Waals surface area (Å²) in [6, 6.07) is 8.64. The average Bonchev–Trinajstić information content (AvgIpc) is 2.70. The highest BCUT2D eigenvalue weighted by Crippen LogP contribution is 2.15. The van der Waals surface area contributed by atoms with Gasteiger partial charge >= 0.3 is 0 Å². The van der Waals surface area contributed by atoms with Crippen molar-refractivity contribution in [2.24, 2.45) is 12.8 Å². The minimum atomic E-state index is 0.426. The van der Waals surface area contributed by atoms with Crippen LogP contribution in [0.25, 0.3) is 0 Å². The van der Waals surface area contributed by atoms with Crippen LogP contribution in [0.3, 0.4) is 0 Å². The lowest BCUT2D eigenvalue weighted by molar-refractivity contribution is 0.696. The van der Waals surface area contributed by atoms with Crippen molar-refractivity contribution in [1.82, 2.24) is 14.8 Å². The van der Waals surface area contributed by atoms with Gasteiger partial charge in [0.15, 0.2) is 5.82 Å². The quantitative estimate of drug-likeness (QED) is 0.894. The van der Waals surface area contributed by atoms with Crippen LogP contribution >= 0.6 is 0 Å². The predicted molar refractivity (Wildman–Crippen MR) is 72.2 cm³/mol. The first-order valence-corrected chi connectivity index (χ1v) is 6.28. The van der Waals surface area contributed by atoms with Crippen LogP contribution in [0.15, 0.2) is 24.3 Å². The van der Waals surface area contributed by atoms with Gasteiger partial charge in [-0.1, -0.05) is 38.1 Å². The maximum atomic E-state index is 5.59. The Morgan fingerprint density at radius 2 is 1.89 bits per heavy atom. The molecule has 0 aliphatic carbocycles. The van der Waals surface area contributed by atoms with E-state index in [0.717, 1.165) is 18.1 Å². The molecule has 0 amide bonds. The van der Waals surface area contributed by atoms with Crippen LogP contribution in [0.1, 0.15) is 42.5 Å². The van der Waals surface area contributed by atoms with E-state index < -0.39 is 0 Å². The summed E-state index contributed by atoms with van der Waals surface area (Å²) < 4.78 is 1.75. The van der Waals surface area contributed by atoms with Gasteiger partial charge in [0, 0.05) is 13.5 Å². The first kappa shape index (κ1) is 12.8. The highest BCUT2D eigenvalue weighted by molar-refractivity contribution is 5.26. The molecule has 1 aromatic heterocycles. The Hall–Kier alpha value is -1.68. The van der Waals surface area contributed by atoms with E-state index in [4.69, 9.17) is 5.73 Å². The summed E-state index contributed by atoms with van der Waals surface area (Å²) in [4.78, 5) is 4.41. The number of benzene rings is 1. The standard InChI is InChI=1S/C14H20N4/c1-10(2)12-6-4-11(5-7-12)8-13-16-14(9-15)18(3)17-13/h4-7,10H,8-9,15H2,1-3H3. The van der Waals surface area contributed by atoms with Crippen molar-refractivity contribution in [2.45, 2.75) is 32.7 Å². The van der Waals surface area contributed by atoms with E-state index in [1.807, 2.05) is 7.05 Å². The molecular weight excluding hydrogens is 224 g/mol. The van der Waals surface area contributed by atoms with Gasteiger partial charge in [0.05, 0.1) is 6.54 Å². The monoisotopic (exact) mass is 244 g/mol. The van der Waals surface area contributed by atoms with E-state index in [-0.39, 0.29) is 0 Å². The van der Waals surface area contributed by atoms with Gasteiger partial charge in [0.1, 0.15) is 5.82 Å². The molecule has 0 bridgehead atoms. The summed E-state index contributed by atoms with van der Waals surface area (Å²) in [6.45, 7) is 4.82. The highest BCUT2D eigenvalue weighted by atomic mass is 15.3. The van der Waals surface area contributed by atoms with Gasteiger partial charge in [0.2, 0.25) is 0 Å². The Morgan fingerprint density at radius 3 is 2.39 bits per heavy atom. The Bertz CT molecular complexity index is 511.